The fraction of sp³-hybridized carbons (Fsp3) is 0.286. The number of carbonyl (C=O) groups excluding carboxylic acids is 2. The number of amides is 1. The summed E-state index contributed by atoms with van der Waals surface area (Å²) in [4.78, 5) is 28.6. The molecular weight excluding hydrogens is 428 g/mol. The Morgan fingerprint density at radius 2 is 1.65 bits per heavy atom. The summed E-state index contributed by atoms with van der Waals surface area (Å²) in [6.45, 7) is 1.65. The third-order valence-electron chi connectivity index (χ3n) is 7.01. The second kappa shape index (κ2) is 9.41. The van der Waals surface area contributed by atoms with Crippen molar-refractivity contribution in [1.82, 2.24) is 9.80 Å². The van der Waals surface area contributed by atoms with Gasteiger partial charge in [0.05, 0.1) is 37.9 Å². The molecule has 3 atom stereocenters. The quantitative estimate of drug-likeness (QED) is 0.577. The molecule has 1 amide bonds. The number of methoxy groups -OCH3 is 1. The maximum absolute atomic E-state index is 12.9. The number of carbonyl (C=O) groups is 2. The first-order chi connectivity index (χ1) is 16.6. The molecule has 174 valence electrons. The second-order valence-electron chi connectivity index (χ2n) is 8.99. The van der Waals surface area contributed by atoms with Gasteiger partial charge in [0.15, 0.2) is 0 Å². The van der Waals surface area contributed by atoms with Crippen LogP contribution in [0.2, 0.25) is 0 Å². The highest BCUT2D eigenvalue weighted by molar-refractivity contribution is 5.89. The van der Waals surface area contributed by atoms with Gasteiger partial charge < -0.3 is 14.7 Å². The Bertz CT molecular complexity index is 1160. The Morgan fingerprint density at radius 3 is 2.29 bits per heavy atom. The Morgan fingerprint density at radius 1 is 0.971 bits per heavy atom. The van der Waals surface area contributed by atoms with Crippen molar-refractivity contribution in [2.45, 2.75) is 24.5 Å². The standard InChI is InChI=1S/C28H28N2O4/c1-34-28(33)23-9-7-19(8-10-23)15-29-16-24-27(25(18-31)30(24)26(32)17-29)22-13-11-21(12-14-22)20-5-3-2-4-6-20/h2-14,24-25,27,31H,15-18H2,1H3/t24-,25-,27+/m0/s1. The summed E-state index contributed by atoms with van der Waals surface area (Å²) in [5.74, 6) is -0.206. The molecule has 0 radical (unpaired) electrons. The van der Waals surface area contributed by atoms with Crippen LogP contribution in [0.3, 0.4) is 0 Å². The van der Waals surface area contributed by atoms with E-state index in [1.807, 2.05) is 35.2 Å². The SMILES string of the molecule is COC(=O)c1ccc(CN2CC(=O)N3[C@@H](CO)[C@H](c4ccc(-c5ccccc5)cc4)[C@@H]3C2)cc1. The Kier molecular flexibility index (Phi) is 6.18. The molecule has 2 fully saturated rings. The number of hydrogen-bond acceptors (Lipinski definition) is 5. The Labute approximate surface area is 199 Å². The number of benzene rings is 3. The molecule has 34 heavy (non-hydrogen) atoms. The van der Waals surface area contributed by atoms with Gasteiger partial charge in [0, 0.05) is 19.0 Å². The number of aliphatic hydroxyl groups is 1. The van der Waals surface area contributed by atoms with E-state index in [9.17, 15) is 14.7 Å². The Balaban J connectivity index is 1.31. The van der Waals surface area contributed by atoms with Crippen molar-refractivity contribution in [1.29, 1.82) is 0 Å². The third-order valence-corrected chi connectivity index (χ3v) is 7.01. The average Bonchev–Trinajstić information content (AvgIpc) is 2.86. The topological polar surface area (TPSA) is 70.1 Å². The van der Waals surface area contributed by atoms with Crippen LogP contribution in [0, 0.1) is 0 Å². The van der Waals surface area contributed by atoms with E-state index in [2.05, 4.69) is 41.3 Å². The summed E-state index contributed by atoms with van der Waals surface area (Å²) in [6, 6.07) is 25.9. The number of nitrogens with zero attached hydrogens (tertiary/aromatic N) is 2. The predicted octanol–water partition coefficient (Wildman–Crippen LogP) is 3.31. The first-order valence-electron chi connectivity index (χ1n) is 11.6. The van der Waals surface area contributed by atoms with Crippen molar-refractivity contribution >= 4 is 11.9 Å². The van der Waals surface area contributed by atoms with Gasteiger partial charge in [-0.05, 0) is 34.4 Å². The zero-order valence-electron chi connectivity index (χ0n) is 19.1. The van der Waals surface area contributed by atoms with E-state index in [1.165, 1.54) is 12.7 Å². The van der Waals surface area contributed by atoms with Crippen molar-refractivity contribution < 1.29 is 19.4 Å². The molecule has 0 spiro atoms. The molecule has 0 unspecified atom stereocenters. The molecule has 0 bridgehead atoms. The van der Waals surface area contributed by atoms with Gasteiger partial charge in [-0.25, -0.2) is 4.79 Å². The minimum atomic E-state index is -0.360. The highest BCUT2D eigenvalue weighted by Gasteiger charge is 2.53. The highest BCUT2D eigenvalue weighted by atomic mass is 16.5. The van der Waals surface area contributed by atoms with E-state index in [1.54, 1.807) is 12.1 Å². The van der Waals surface area contributed by atoms with Crippen molar-refractivity contribution in [2.75, 3.05) is 26.8 Å². The van der Waals surface area contributed by atoms with Crippen LogP contribution in [-0.2, 0) is 16.1 Å². The number of aliphatic hydroxyl groups excluding tert-OH is 1. The first-order valence-corrected chi connectivity index (χ1v) is 11.6. The van der Waals surface area contributed by atoms with Crippen molar-refractivity contribution in [2.24, 2.45) is 0 Å². The molecule has 6 nitrogen and oxygen atoms in total. The van der Waals surface area contributed by atoms with Crippen LogP contribution < -0.4 is 0 Å². The van der Waals surface area contributed by atoms with E-state index in [0.717, 1.165) is 23.2 Å². The zero-order chi connectivity index (χ0) is 23.7. The van der Waals surface area contributed by atoms with E-state index in [4.69, 9.17) is 4.74 Å². The van der Waals surface area contributed by atoms with E-state index in [0.29, 0.717) is 18.7 Å². The minimum Gasteiger partial charge on any atom is -0.465 e. The van der Waals surface area contributed by atoms with Crippen LogP contribution in [0.1, 0.15) is 27.4 Å². The number of fused-ring (bicyclic) bond motifs is 1. The van der Waals surface area contributed by atoms with E-state index < -0.39 is 0 Å². The summed E-state index contributed by atoms with van der Waals surface area (Å²) in [7, 11) is 1.37. The van der Waals surface area contributed by atoms with E-state index >= 15 is 0 Å². The summed E-state index contributed by atoms with van der Waals surface area (Å²) < 4.78 is 4.76. The average molecular weight is 457 g/mol. The lowest BCUT2D eigenvalue weighted by molar-refractivity contribution is -0.162. The van der Waals surface area contributed by atoms with Gasteiger partial charge in [-0.15, -0.1) is 0 Å². The maximum Gasteiger partial charge on any atom is 0.337 e. The number of esters is 1. The fourth-order valence-electron chi connectivity index (χ4n) is 5.34. The molecule has 2 aliphatic rings. The van der Waals surface area contributed by atoms with Crippen LogP contribution in [0.15, 0.2) is 78.9 Å². The van der Waals surface area contributed by atoms with Gasteiger partial charge in [0.1, 0.15) is 0 Å². The zero-order valence-corrected chi connectivity index (χ0v) is 19.1. The summed E-state index contributed by atoms with van der Waals surface area (Å²) >= 11 is 0. The lowest BCUT2D eigenvalue weighted by Crippen LogP contribution is -2.72. The normalized spacial score (nSPS) is 22.1. The molecule has 3 aromatic carbocycles. The number of rotatable bonds is 6. The number of hydrogen-bond donors (Lipinski definition) is 1. The molecule has 2 heterocycles. The second-order valence-corrected chi connectivity index (χ2v) is 8.99. The van der Waals surface area contributed by atoms with Crippen molar-refractivity contribution in [3.05, 3.63) is 95.6 Å². The lowest BCUT2D eigenvalue weighted by atomic mass is 9.73. The molecule has 2 saturated heterocycles. The van der Waals surface area contributed by atoms with Crippen molar-refractivity contribution in [3.63, 3.8) is 0 Å². The first kappa shape index (κ1) is 22.3. The maximum atomic E-state index is 12.9. The third kappa shape index (κ3) is 4.11. The summed E-state index contributed by atoms with van der Waals surface area (Å²) in [6.07, 6.45) is 0. The highest BCUT2D eigenvalue weighted by Crippen LogP contribution is 2.43. The number of piperazine rings is 1. The predicted molar refractivity (Wildman–Crippen MR) is 129 cm³/mol. The minimum absolute atomic E-state index is 0.0373. The van der Waals surface area contributed by atoms with Crippen molar-refractivity contribution in [3.8, 4) is 11.1 Å². The fourth-order valence-corrected chi connectivity index (χ4v) is 5.34. The van der Waals surface area contributed by atoms with Gasteiger partial charge in [0.25, 0.3) is 0 Å². The van der Waals surface area contributed by atoms with Gasteiger partial charge in [-0.3, -0.25) is 9.69 Å². The van der Waals surface area contributed by atoms with Crippen LogP contribution in [0.5, 0.6) is 0 Å². The molecule has 5 rings (SSSR count). The van der Waals surface area contributed by atoms with Crippen LogP contribution in [-0.4, -0.2) is 65.7 Å². The van der Waals surface area contributed by atoms with Gasteiger partial charge >= 0.3 is 5.97 Å². The lowest BCUT2D eigenvalue weighted by Gasteiger charge is -2.59. The molecule has 1 N–H and O–H groups in total. The van der Waals surface area contributed by atoms with Crippen LogP contribution in [0.4, 0.5) is 0 Å². The van der Waals surface area contributed by atoms with E-state index in [-0.39, 0.29) is 36.5 Å². The monoisotopic (exact) mass is 456 g/mol. The van der Waals surface area contributed by atoms with Gasteiger partial charge in [0.2, 0.25) is 5.91 Å². The van der Waals surface area contributed by atoms with Gasteiger partial charge in [-0.1, -0.05) is 66.7 Å². The van der Waals surface area contributed by atoms with Crippen LogP contribution >= 0.6 is 0 Å². The smallest absolute Gasteiger partial charge is 0.337 e. The largest absolute Gasteiger partial charge is 0.465 e. The molecule has 3 aromatic rings. The summed E-state index contributed by atoms with van der Waals surface area (Å²) in [5.41, 5.74) is 5.02. The molecule has 0 saturated carbocycles. The molecule has 0 aromatic heterocycles. The molecular formula is C28H28N2O4. The van der Waals surface area contributed by atoms with Crippen LogP contribution in [0.25, 0.3) is 11.1 Å². The van der Waals surface area contributed by atoms with Gasteiger partial charge in [-0.2, -0.15) is 0 Å². The molecule has 6 heteroatoms. The molecule has 2 aliphatic heterocycles. The Hall–Kier alpha value is -3.48. The summed E-state index contributed by atoms with van der Waals surface area (Å²) in [5, 5.41) is 10.1. The molecule has 0 aliphatic carbocycles. The number of ether oxygens (including phenoxy) is 1.